The summed E-state index contributed by atoms with van der Waals surface area (Å²) < 4.78 is 15.4. The predicted octanol–water partition coefficient (Wildman–Crippen LogP) is 8.20. The fourth-order valence-corrected chi connectivity index (χ4v) is 6.99. The van der Waals surface area contributed by atoms with Crippen LogP contribution >= 0.6 is 0 Å². The molecule has 0 aliphatic heterocycles. The Morgan fingerprint density at radius 3 is 1.31 bits per heavy atom. The average molecular weight is 902 g/mol. The summed E-state index contributed by atoms with van der Waals surface area (Å²) in [5.41, 5.74) is 7.36. The zero-order valence-corrected chi connectivity index (χ0v) is 37.1. The number of carbonyl (C=O) groups is 3. The lowest BCUT2D eigenvalue weighted by atomic mass is 10.1. The van der Waals surface area contributed by atoms with E-state index in [4.69, 9.17) is 29.2 Å². The maximum absolute atomic E-state index is 12.4. The molecule has 7 aromatic rings. The minimum absolute atomic E-state index is 0.00257. The van der Waals surface area contributed by atoms with E-state index in [-0.39, 0.29) is 42.6 Å². The topological polar surface area (TPSA) is 206 Å². The van der Waals surface area contributed by atoms with Crippen LogP contribution in [-0.2, 0) is 33.8 Å². The average Bonchev–Trinajstić information content (AvgIpc) is 3.36. The first kappa shape index (κ1) is 46.7. The van der Waals surface area contributed by atoms with Crippen LogP contribution in [0.5, 0.6) is 0 Å². The molecule has 0 N–H and O–H groups in total. The van der Waals surface area contributed by atoms with E-state index in [1.54, 1.807) is 106 Å². The maximum atomic E-state index is 12.4. The Bertz CT molecular complexity index is 2810. The highest BCUT2D eigenvalue weighted by Crippen LogP contribution is 2.24. The van der Waals surface area contributed by atoms with Crippen LogP contribution in [0.1, 0.15) is 68.9 Å². The number of aromatic nitrogens is 6. The number of hydrogen-bond donors (Lipinski definition) is 0. The van der Waals surface area contributed by atoms with E-state index in [2.05, 4.69) is 24.8 Å². The van der Waals surface area contributed by atoms with Gasteiger partial charge in [-0.05, 0) is 98.1 Å². The van der Waals surface area contributed by atoms with Gasteiger partial charge in [-0.25, -0.2) is 29.3 Å². The van der Waals surface area contributed by atoms with E-state index in [0.717, 1.165) is 22.4 Å². The van der Waals surface area contributed by atoms with Crippen molar-refractivity contribution in [3.05, 3.63) is 178 Å². The van der Waals surface area contributed by atoms with E-state index in [1.807, 2.05) is 36.4 Å². The first-order valence-corrected chi connectivity index (χ1v) is 21.6. The van der Waals surface area contributed by atoms with Crippen molar-refractivity contribution in [2.45, 2.75) is 40.4 Å². The lowest BCUT2D eigenvalue weighted by Crippen LogP contribution is -2.34. The predicted molar refractivity (Wildman–Crippen MR) is 249 cm³/mol. The quantitative estimate of drug-likeness (QED) is 0.0306. The molecule has 340 valence electrons. The SMILES string of the molecule is CCOC(=O)c1cccc(-c2ccc(CN(CCN(Cc3ccc(-c4cccc(C(=O)OCC)n4)nc3)c3ccc(-c4cccc(C(=O)OCC)n4)nc3)Cc3ccc([N+](=O)[O-])cc3)cn2)n1. The van der Waals surface area contributed by atoms with Gasteiger partial charge in [0.15, 0.2) is 0 Å². The third kappa shape index (κ3) is 12.5. The number of rotatable bonds is 20. The lowest BCUT2D eigenvalue weighted by molar-refractivity contribution is -0.384. The Labute approximate surface area is 386 Å². The van der Waals surface area contributed by atoms with Gasteiger partial charge in [0.05, 0.1) is 70.8 Å². The lowest BCUT2D eigenvalue weighted by Gasteiger charge is -2.29. The molecule has 0 aliphatic rings. The summed E-state index contributed by atoms with van der Waals surface area (Å²) in [5.74, 6) is -1.53. The zero-order valence-electron chi connectivity index (χ0n) is 37.1. The fraction of sp³-hybridized carbons (Fsp3) is 0.220. The number of anilines is 1. The highest BCUT2D eigenvalue weighted by Gasteiger charge is 2.18. The fourth-order valence-electron chi connectivity index (χ4n) is 6.99. The third-order valence-electron chi connectivity index (χ3n) is 10.3. The maximum Gasteiger partial charge on any atom is 0.356 e. The van der Waals surface area contributed by atoms with E-state index in [1.165, 1.54) is 12.1 Å². The van der Waals surface area contributed by atoms with Crippen molar-refractivity contribution < 1.29 is 33.5 Å². The largest absolute Gasteiger partial charge is 0.461 e. The molecule has 7 rings (SSSR count). The minimum Gasteiger partial charge on any atom is -0.461 e. The molecule has 0 bridgehead atoms. The number of nitro benzene ring substituents is 1. The van der Waals surface area contributed by atoms with Gasteiger partial charge in [-0.2, -0.15) is 0 Å². The van der Waals surface area contributed by atoms with E-state index >= 15 is 0 Å². The molecular weight excluding hydrogens is 855 g/mol. The van der Waals surface area contributed by atoms with E-state index < -0.39 is 22.8 Å². The van der Waals surface area contributed by atoms with Crippen LogP contribution in [0, 0.1) is 10.1 Å². The number of benzene rings is 1. The highest BCUT2D eigenvalue weighted by atomic mass is 16.6. The number of ether oxygens (including phenoxy) is 3. The summed E-state index contributed by atoms with van der Waals surface area (Å²) in [6.07, 6.45) is 5.30. The van der Waals surface area contributed by atoms with Gasteiger partial charge in [0.1, 0.15) is 17.1 Å². The molecule has 17 heteroatoms. The molecule has 0 amide bonds. The zero-order chi connectivity index (χ0) is 47.1. The summed E-state index contributed by atoms with van der Waals surface area (Å²) in [4.78, 5) is 80.2. The van der Waals surface area contributed by atoms with Crippen molar-refractivity contribution in [3.63, 3.8) is 0 Å². The molecule has 0 saturated carbocycles. The Morgan fingerprint density at radius 2 is 0.910 bits per heavy atom. The second-order valence-corrected chi connectivity index (χ2v) is 14.9. The Hall–Kier alpha value is -8.31. The molecule has 67 heavy (non-hydrogen) atoms. The number of nitrogens with zero attached hydrogens (tertiary/aromatic N) is 9. The van der Waals surface area contributed by atoms with Crippen molar-refractivity contribution >= 4 is 29.3 Å². The van der Waals surface area contributed by atoms with Gasteiger partial charge in [0, 0.05) is 57.3 Å². The van der Waals surface area contributed by atoms with E-state index in [0.29, 0.717) is 66.9 Å². The van der Waals surface area contributed by atoms with Gasteiger partial charge in [-0.1, -0.05) is 42.5 Å². The molecule has 0 aliphatic carbocycles. The van der Waals surface area contributed by atoms with Crippen molar-refractivity contribution in [1.29, 1.82) is 0 Å². The van der Waals surface area contributed by atoms with Crippen LogP contribution < -0.4 is 4.90 Å². The molecule has 0 radical (unpaired) electrons. The summed E-state index contributed by atoms with van der Waals surface area (Å²) in [6, 6.07) is 33.3. The normalized spacial score (nSPS) is 10.9. The van der Waals surface area contributed by atoms with Gasteiger partial charge < -0.3 is 19.1 Å². The smallest absolute Gasteiger partial charge is 0.356 e. The summed E-state index contributed by atoms with van der Waals surface area (Å²) in [7, 11) is 0. The van der Waals surface area contributed by atoms with Crippen molar-refractivity contribution in [2.75, 3.05) is 37.8 Å². The van der Waals surface area contributed by atoms with Crippen LogP contribution in [0.4, 0.5) is 11.4 Å². The Morgan fingerprint density at radius 1 is 0.493 bits per heavy atom. The van der Waals surface area contributed by atoms with Gasteiger partial charge in [-0.3, -0.25) is 30.0 Å². The molecular formula is C50H47N9O8. The van der Waals surface area contributed by atoms with Crippen molar-refractivity contribution in [1.82, 2.24) is 34.8 Å². The number of nitro groups is 1. The van der Waals surface area contributed by atoms with Gasteiger partial charge in [0.2, 0.25) is 0 Å². The Balaban J connectivity index is 1.16. The van der Waals surface area contributed by atoms with Crippen LogP contribution in [0.25, 0.3) is 34.2 Å². The molecule has 1 aromatic carbocycles. The first-order chi connectivity index (χ1) is 32.6. The number of pyridine rings is 6. The third-order valence-corrected chi connectivity index (χ3v) is 10.3. The summed E-state index contributed by atoms with van der Waals surface area (Å²) >= 11 is 0. The molecule has 0 atom stereocenters. The second kappa shape index (κ2) is 22.5. The van der Waals surface area contributed by atoms with Crippen LogP contribution in [0.3, 0.4) is 0 Å². The van der Waals surface area contributed by atoms with Gasteiger partial charge in [0.25, 0.3) is 5.69 Å². The number of esters is 3. The monoisotopic (exact) mass is 901 g/mol. The standard InChI is InChI=1S/C50H47N9O8/c1-4-65-48(60)45-13-7-10-42(54-45)39-23-18-35(28-51-39)32-57(31-34-16-20-37(21-17-34)59(63)64)26-27-58(38-22-25-41(53-30-38)44-12-9-15-47(56-44)50(62)67-6-3)33-36-19-24-40(52-29-36)43-11-8-14-46(55-43)49(61)66-5-2/h7-25,28-30H,4-6,26-27,31-33H2,1-3H3. The molecule has 0 saturated heterocycles. The van der Waals surface area contributed by atoms with Crippen LogP contribution in [0.15, 0.2) is 134 Å². The highest BCUT2D eigenvalue weighted by molar-refractivity contribution is 5.89. The second-order valence-electron chi connectivity index (χ2n) is 14.9. The molecule has 0 unspecified atom stereocenters. The summed E-state index contributed by atoms with van der Waals surface area (Å²) in [5, 5.41) is 11.5. The number of hydrogen-bond acceptors (Lipinski definition) is 16. The Kier molecular flexibility index (Phi) is 15.7. The first-order valence-electron chi connectivity index (χ1n) is 21.6. The van der Waals surface area contributed by atoms with Gasteiger partial charge >= 0.3 is 17.9 Å². The molecule has 6 aromatic heterocycles. The van der Waals surface area contributed by atoms with Crippen LogP contribution in [-0.4, -0.2) is 90.5 Å². The van der Waals surface area contributed by atoms with Crippen molar-refractivity contribution in [3.8, 4) is 34.2 Å². The number of carbonyl (C=O) groups excluding carboxylic acids is 3. The molecule has 0 spiro atoms. The molecule has 6 heterocycles. The molecule has 0 fully saturated rings. The van der Waals surface area contributed by atoms with Gasteiger partial charge in [-0.15, -0.1) is 0 Å². The van der Waals surface area contributed by atoms with Crippen LogP contribution in [0.2, 0.25) is 0 Å². The minimum atomic E-state index is -0.517. The van der Waals surface area contributed by atoms with E-state index in [9.17, 15) is 24.5 Å². The summed E-state index contributed by atoms with van der Waals surface area (Å²) in [6.45, 7) is 8.32. The number of non-ortho nitro benzene ring substituents is 1. The molecule has 17 nitrogen and oxygen atoms in total. The van der Waals surface area contributed by atoms with Crippen molar-refractivity contribution in [2.24, 2.45) is 0 Å².